The maximum atomic E-state index is 11.7. The Morgan fingerprint density at radius 2 is 2.15 bits per heavy atom. The summed E-state index contributed by atoms with van der Waals surface area (Å²) in [6, 6.07) is 8.40. The van der Waals surface area contributed by atoms with Gasteiger partial charge in [0, 0.05) is 25.7 Å². The van der Waals surface area contributed by atoms with E-state index in [1.165, 1.54) is 20.0 Å². The van der Waals surface area contributed by atoms with Crippen LogP contribution in [0.1, 0.15) is 35.7 Å². The molecule has 0 bridgehead atoms. The molecule has 20 heavy (non-hydrogen) atoms. The van der Waals surface area contributed by atoms with Crippen LogP contribution in [0.25, 0.3) is 0 Å². The average molecular weight is 276 g/mol. The van der Waals surface area contributed by atoms with Crippen molar-refractivity contribution in [3.63, 3.8) is 0 Å². The van der Waals surface area contributed by atoms with Crippen molar-refractivity contribution < 1.29 is 9.53 Å². The first-order valence-electron chi connectivity index (χ1n) is 7.37. The summed E-state index contributed by atoms with van der Waals surface area (Å²) in [4.78, 5) is 14.2. The van der Waals surface area contributed by atoms with E-state index < -0.39 is 0 Å². The van der Waals surface area contributed by atoms with Gasteiger partial charge in [-0.1, -0.05) is 25.1 Å². The van der Waals surface area contributed by atoms with E-state index in [0.717, 1.165) is 31.2 Å². The van der Waals surface area contributed by atoms with Crippen molar-refractivity contribution >= 4 is 5.97 Å². The third-order valence-corrected chi connectivity index (χ3v) is 3.78. The fourth-order valence-electron chi connectivity index (χ4n) is 2.47. The Morgan fingerprint density at radius 1 is 1.40 bits per heavy atom. The van der Waals surface area contributed by atoms with Gasteiger partial charge in [0.05, 0.1) is 12.7 Å². The number of likely N-dealkylation sites (N-methyl/N-ethyl adjacent to an activating group) is 1. The third kappa shape index (κ3) is 4.05. The molecule has 0 amide bonds. The van der Waals surface area contributed by atoms with Gasteiger partial charge in [0.2, 0.25) is 0 Å². The predicted molar refractivity (Wildman–Crippen MR) is 79.8 cm³/mol. The molecule has 1 aliphatic carbocycles. The molecule has 0 heterocycles. The second-order valence-corrected chi connectivity index (χ2v) is 5.19. The Labute approximate surface area is 121 Å². The van der Waals surface area contributed by atoms with Crippen LogP contribution in [0.5, 0.6) is 0 Å². The number of hydrogen-bond donors (Lipinski definition) is 1. The third-order valence-electron chi connectivity index (χ3n) is 3.78. The first-order valence-corrected chi connectivity index (χ1v) is 7.37. The minimum Gasteiger partial charge on any atom is -0.465 e. The van der Waals surface area contributed by atoms with Crippen LogP contribution in [0.4, 0.5) is 0 Å². The monoisotopic (exact) mass is 276 g/mol. The number of nitrogens with zero attached hydrogens (tertiary/aromatic N) is 1. The number of nitrogens with one attached hydrogen (secondary N) is 1. The summed E-state index contributed by atoms with van der Waals surface area (Å²) in [7, 11) is 1.42. The highest BCUT2D eigenvalue weighted by Crippen LogP contribution is 2.25. The molecule has 1 fully saturated rings. The van der Waals surface area contributed by atoms with Crippen molar-refractivity contribution in [1.29, 1.82) is 0 Å². The molecule has 1 aliphatic rings. The van der Waals surface area contributed by atoms with Crippen molar-refractivity contribution in [3.8, 4) is 0 Å². The Morgan fingerprint density at radius 3 is 2.80 bits per heavy atom. The van der Waals surface area contributed by atoms with Crippen LogP contribution < -0.4 is 5.32 Å². The number of benzene rings is 1. The van der Waals surface area contributed by atoms with Crippen LogP contribution >= 0.6 is 0 Å². The van der Waals surface area contributed by atoms with Gasteiger partial charge in [-0.3, -0.25) is 4.90 Å². The number of methoxy groups -OCH3 is 1. The van der Waals surface area contributed by atoms with Gasteiger partial charge in [0.25, 0.3) is 0 Å². The van der Waals surface area contributed by atoms with E-state index in [1.807, 2.05) is 24.3 Å². The lowest BCUT2D eigenvalue weighted by atomic mass is 10.1. The molecule has 1 saturated carbocycles. The molecule has 1 aromatic carbocycles. The van der Waals surface area contributed by atoms with Crippen molar-refractivity contribution in [2.24, 2.45) is 0 Å². The topological polar surface area (TPSA) is 41.6 Å². The van der Waals surface area contributed by atoms with E-state index >= 15 is 0 Å². The van der Waals surface area contributed by atoms with Crippen LogP contribution in [-0.4, -0.2) is 43.7 Å². The van der Waals surface area contributed by atoms with Crippen molar-refractivity contribution in [3.05, 3.63) is 35.4 Å². The van der Waals surface area contributed by atoms with Crippen molar-refractivity contribution in [2.45, 2.75) is 32.4 Å². The molecular weight excluding hydrogens is 252 g/mol. The summed E-state index contributed by atoms with van der Waals surface area (Å²) < 4.78 is 4.80. The van der Waals surface area contributed by atoms with Crippen LogP contribution in [0.3, 0.4) is 0 Å². The Kier molecular flexibility index (Phi) is 5.56. The molecule has 1 aromatic rings. The smallest absolute Gasteiger partial charge is 0.338 e. The second-order valence-electron chi connectivity index (χ2n) is 5.19. The second kappa shape index (κ2) is 7.41. The van der Waals surface area contributed by atoms with Gasteiger partial charge < -0.3 is 10.1 Å². The number of hydrogen-bond acceptors (Lipinski definition) is 4. The van der Waals surface area contributed by atoms with Crippen molar-refractivity contribution in [2.75, 3.05) is 26.7 Å². The van der Waals surface area contributed by atoms with E-state index in [0.29, 0.717) is 12.1 Å². The van der Waals surface area contributed by atoms with E-state index in [-0.39, 0.29) is 5.97 Å². The Hall–Kier alpha value is -1.39. The van der Waals surface area contributed by atoms with Crippen LogP contribution in [0.15, 0.2) is 24.3 Å². The van der Waals surface area contributed by atoms with Gasteiger partial charge in [-0.05, 0) is 31.0 Å². The van der Waals surface area contributed by atoms with Gasteiger partial charge in [0.1, 0.15) is 0 Å². The van der Waals surface area contributed by atoms with Crippen LogP contribution in [-0.2, 0) is 11.3 Å². The molecule has 2 rings (SSSR count). The zero-order chi connectivity index (χ0) is 14.4. The molecule has 110 valence electrons. The summed E-state index contributed by atoms with van der Waals surface area (Å²) in [6.45, 7) is 6.05. The predicted octanol–water partition coefficient (Wildman–Crippen LogP) is 2.05. The lowest BCUT2D eigenvalue weighted by Gasteiger charge is -2.20. The quantitative estimate of drug-likeness (QED) is 0.583. The highest BCUT2D eigenvalue weighted by atomic mass is 16.5. The average Bonchev–Trinajstić information content (AvgIpc) is 3.31. The molecule has 0 saturated heterocycles. The molecule has 0 atom stereocenters. The van der Waals surface area contributed by atoms with E-state index in [1.54, 1.807) is 0 Å². The van der Waals surface area contributed by atoms with Gasteiger partial charge in [-0.2, -0.15) is 0 Å². The molecule has 1 N–H and O–H groups in total. The zero-order valence-corrected chi connectivity index (χ0v) is 12.4. The van der Waals surface area contributed by atoms with Crippen LogP contribution in [0, 0.1) is 0 Å². The first kappa shape index (κ1) is 15.0. The molecule has 0 aromatic heterocycles. The number of carbonyl (C=O) groups is 1. The summed E-state index contributed by atoms with van der Waals surface area (Å²) in [6.07, 6.45) is 2.69. The highest BCUT2D eigenvalue weighted by Gasteiger charge is 2.26. The molecule has 4 heteroatoms. The summed E-state index contributed by atoms with van der Waals surface area (Å²) in [5, 5.41) is 3.42. The summed E-state index contributed by atoms with van der Waals surface area (Å²) >= 11 is 0. The van der Waals surface area contributed by atoms with Gasteiger partial charge in [0.15, 0.2) is 0 Å². The number of esters is 1. The van der Waals surface area contributed by atoms with Gasteiger partial charge in [-0.25, -0.2) is 4.79 Å². The lowest BCUT2D eigenvalue weighted by molar-refractivity contribution is 0.0599. The van der Waals surface area contributed by atoms with Gasteiger partial charge in [-0.15, -0.1) is 0 Å². The molecule has 4 nitrogen and oxygen atoms in total. The molecule has 0 spiro atoms. The maximum absolute atomic E-state index is 11.7. The number of rotatable bonds is 8. The number of carbonyl (C=O) groups excluding carboxylic acids is 1. The standard InChI is InChI=1S/C16H24N2O2/c1-3-18(14-8-9-14)11-10-17-12-13-6-4-5-7-15(13)16(19)20-2/h4-7,14,17H,3,8-12H2,1-2H3. The molecule has 0 unspecified atom stereocenters. The van der Waals surface area contributed by atoms with Crippen LogP contribution in [0.2, 0.25) is 0 Å². The SMILES string of the molecule is CCN(CCNCc1ccccc1C(=O)OC)C1CC1. The van der Waals surface area contributed by atoms with E-state index in [2.05, 4.69) is 17.1 Å². The molecule has 0 aliphatic heterocycles. The largest absolute Gasteiger partial charge is 0.465 e. The lowest BCUT2D eigenvalue weighted by Crippen LogP contribution is -2.33. The zero-order valence-electron chi connectivity index (χ0n) is 12.4. The fraction of sp³-hybridized carbons (Fsp3) is 0.562. The van der Waals surface area contributed by atoms with Gasteiger partial charge >= 0.3 is 5.97 Å². The first-order chi connectivity index (χ1) is 9.76. The molecular formula is C16H24N2O2. The Bertz CT molecular complexity index is 444. The molecule has 0 radical (unpaired) electrons. The fourth-order valence-corrected chi connectivity index (χ4v) is 2.47. The minimum atomic E-state index is -0.268. The number of ether oxygens (including phenoxy) is 1. The maximum Gasteiger partial charge on any atom is 0.338 e. The summed E-state index contributed by atoms with van der Waals surface area (Å²) in [5.41, 5.74) is 1.64. The Balaban J connectivity index is 1.80. The highest BCUT2D eigenvalue weighted by molar-refractivity contribution is 5.90. The minimum absolute atomic E-state index is 0.268. The van der Waals surface area contributed by atoms with E-state index in [9.17, 15) is 4.79 Å². The van der Waals surface area contributed by atoms with Crippen molar-refractivity contribution in [1.82, 2.24) is 10.2 Å². The normalized spacial score (nSPS) is 14.6. The summed E-state index contributed by atoms with van der Waals surface area (Å²) in [5.74, 6) is -0.268. The van der Waals surface area contributed by atoms with E-state index in [4.69, 9.17) is 4.74 Å².